The van der Waals surface area contributed by atoms with Crippen molar-refractivity contribution in [2.24, 2.45) is 0 Å². The van der Waals surface area contributed by atoms with E-state index in [1.807, 2.05) is 0 Å². The maximum atomic E-state index is 2.55. The Kier molecular flexibility index (Phi) is 16.5. The Balaban J connectivity index is 2.15. The molecule has 0 saturated carbocycles. The minimum Gasteiger partial charge on any atom is -0.234 e. The molecule has 0 aliphatic carbocycles. The van der Waals surface area contributed by atoms with E-state index in [9.17, 15) is 0 Å². The molecule has 28 heavy (non-hydrogen) atoms. The van der Waals surface area contributed by atoms with E-state index >= 15 is 0 Å². The molecule has 0 amide bonds. The van der Waals surface area contributed by atoms with Crippen LogP contribution >= 0.6 is 0 Å². The molecule has 0 aromatic carbocycles. The molecule has 0 unspecified atom stereocenters. The van der Waals surface area contributed by atoms with Crippen molar-refractivity contribution < 1.29 is 4.57 Å². The Hall–Kier alpha value is -0.790. The first-order valence-corrected chi connectivity index (χ1v) is 12.9. The first kappa shape index (κ1) is 25.2. The maximum Gasteiger partial charge on any atom is 0.256 e. The zero-order valence-electron chi connectivity index (χ0n) is 19.7. The average molecular weight is 392 g/mol. The predicted molar refractivity (Wildman–Crippen MR) is 124 cm³/mol. The number of rotatable bonds is 20. The highest BCUT2D eigenvalue weighted by molar-refractivity contribution is 4.84. The minimum absolute atomic E-state index is 1.18. The summed E-state index contributed by atoms with van der Waals surface area (Å²) in [6, 6.07) is 0. The van der Waals surface area contributed by atoms with Crippen molar-refractivity contribution in [3.05, 3.63) is 18.2 Å². The number of aromatic nitrogens is 2. The first-order chi connectivity index (χ1) is 13.8. The number of aryl methyl sites for hydroxylation is 2. The van der Waals surface area contributed by atoms with Crippen LogP contribution in [0.1, 0.15) is 136 Å². The molecule has 1 aromatic heterocycles. The van der Waals surface area contributed by atoms with Crippen molar-refractivity contribution >= 4 is 0 Å². The Labute approximate surface area is 177 Å². The van der Waals surface area contributed by atoms with Gasteiger partial charge < -0.3 is 0 Å². The van der Waals surface area contributed by atoms with Gasteiger partial charge >= 0.3 is 0 Å². The number of hydrogen-bond donors (Lipinski definition) is 0. The molecular weight excluding hydrogens is 340 g/mol. The van der Waals surface area contributed by atoms with E-state index in [4.69, 9.17) is 0 Å². The number of unbranched alkanes of at least 4 members (excludes halogenated alkanes) is 14. The smallest absolute Gasteiger partial charge is 0.234 e. The Morgan fingerprint density at radius 2 is 1.11 bits per heavy atom. The van der Waals surface area contributed by atoms with Crippen molar-refractivity contribution in [1.29, 1.82) is 0 Å². The number of nitrogens with zero attached hydrogens (tertiary/aromatic N) is 2. The van der Waals surface area contributed by atoms with Crippen LogP contribution in [0.15, 0.2) is 12.4 Å². The van der Waals surface area contributed by atoms with Gasteiger partial charge in [0.2, 0.25) is 0 Å². The summed E-state index contributed by atoms with van der Waals surface area (Å²) in [6.07, 6.45) is 29.8. The molecule has 0 atom stereocenters. The number of hydrogen-bond acceptors (Lipinski definition) is 0. The molecule has 1 heterocycles. The van der Waals surface area contributed by atoms with Gasteiger partial charge in [-0.15, -0.1) is 0 Å². The molecule has 1 rings (SSSR count). The molecule has 0 aliphatic rings. The molecule has 0 fully saturated rings. The van der Waals surface area contributed by atoms with Crippen LogP contribution in [0, 0.1) is 0 Å². The lowest BCUT2D eigenvalue weighted by Gasteiger charge is -2.06. The van der Waals surface area contributed by atoms with E-state index in [2.05, 4.69) is 42.3 Å². The fourth-order valence-corrected chi connectivity index (χ4v) is 4.27. The van der Waals surface area contributed by atoms with Gasteiger partial charge in [0.1, 0.15) is 12.4 Å². The van der Waals surface area contributed by atoms with Crippen molar-refractivity contribution in [3.63, 3.8) is 0 Å². The molecule has 0 bridgehead atoms. The van der Waals surface area contributed by atoms with Crippen LogP contribution in [0.4, 0.5) is 0 Å². The lowest BCUT2D eigenvalue weighted by atomic mass is 10.0. The van der Waals surface area contributed by atoms with E-state index < -0.39 is 0 Å². The SMILES string of the molecule is CCCCCCCCCCCCCCc1n(CCCCCC)cc[n+]1CCC. The molecule has 2 heteroatoms. The third-order valence-electron chi connectivity index (χ3n) is 6.06. The van der Waals surface area contributed by atoms with Gasteiger partial charge in [-0.1, -0.05) is 104 Å². The molecule has 0 saturated heterocycles. The van der Waals surface area contributed by atoms with Crippen molar-refractivity contribution in [3.8, 4) is 0 Å². The third kappa shape index (κ3) is 11.9. The fourth-order valence-electron chi connectivity index (χ4n) is 4.27. The summed E-state index contributed by atoms with van der Waals surface area (Å²) < 4.78 is 5.06. The monoisotopic (exact) mass is 391 g/mol. The van der Waals surface area contributed by atoms with Gasteiger partial charge in [0.25, 0.3) is 5.82 Å². The number of imidazole rings is 1. The second-order valence-corrected chi connectivity index (χ2v) is 8.80. The molecule has 0 aliphatic heterocycles. The maximum absolute atomic E-state index is 2.55. The molecule has 0 spiro atoms. The van der Waals surface area contributed by atoms with Gasteiger partial charge in [-0.05, 0) is 25.7 Å². The van der Waals surface area contributed by atoms with Crippen LogP contribution < -0.4 is 4.57 Å². The van der Waals surface area contributed by atoms with Crippen LogP contribution in [0.25, 0.3) is 0 Å². The highest BCUT2D eigenvalue weighted by Crippen LogP contribution is 2.13. The zero-order chi connectivity index (χ0) is 20.3. The van der Waals surface area contributed by atoms with E-state index in [0.29, 0.717) is 0 Å². The predicted octanol–water partition coefficient (Wildman–Crippen LogP) is 8.01. The second kappa shape index (κ2) is 18.3. The molecule has 2 nitrogen and oxygen atoms in total. The van der Waals surface area contributed by atoms with Crippen molar-refractivity contribution in [2.45, 2.75) is 149 Å². The Morgan fingerprint density at radius 3 is 1.64 bits per heavy atom. The summed E-state index contributed by atoms with van der Waals surface area (Å²) in [5.41, 5.74) is 0. The highest BCUT2D eigenvalue weighted by atomic mass is 15.1. The topological polar surface area (TPSA) is 8.81 Å². The van der Waals surface area contributed by atoms with Crippen LogP contribution in [-0.2, 0) is 19.5 Å². The standard InChI is InChI=1S/C26H51N2/c1-4-7-9-11-12-13-14-15-16-17-18-19-21-26-27(22-6-3)24-25-28(26)23-20-10-8-5-2/h24-25H,4-23H2,1-3H3/q+1. The quantitative estimate of drug-likeness (QED) is 0.157. The van der Waals surface area contributed by atoms with Gasteiger partial charge in [0, 0.05) is 6.42 Å². The minimum atomic E-state index is 1.18. The zero-order valence-corrected chi connectivity index (χ0v) is 19.7. The molecule has 0 radical (unpaired) electrons. The summed E-state index contributed by atoms with van der Waals surface area (Å²) >= 11 is 0. The summed E-state index contributed by atoms with van der Waals surface area (Å²) in [7, 11) is 0. The van der Waals surface area contributed by atoms with Gasteiger partial charge in [0.15, 0.2) is 0 Å². The lowest BCUT2D eigenvalue weighted by Crippen LogP contribution is -2.37. The Morgan fingerprint density at radius 1 is 0.607 bits per heavy atom. The molecule has 164 valence electrons. The van der Waals surface area contributed by atoms with Gasteiger partial charge in [-0.2, -0.15) is 0 Å². The summed E-state index contributed by atoms with van der Waals surface area (Å²) in [6.45, 7) is 9.27. The van der Waals surface area contributed by atoms with Crippen molar-refractivity contribution in [2.75, 3.05) is 0 Å². The van der Waals surface area contributed by atoms with Gasteiger partial charge in [-0.3, -0.25) is 0 Å². The average Bonchev–Trinajstić information content (AvgIpc) is 3.08. The normalized spacial score (nSPS) is 11.4. The third-order valence-corrected chi connectivity index (χ3v) is 6.06. The molecular formula is C26H51N2+. The summed E-state index contributed by atoms with van der Waals surface area (Å²) in [4.78, 5) is 0. The summed E-state index contributed by atoms with van der Waals surface area (Å²) in [5, 5.41) is 0. The van der Waals surface area contributed by atoms with Crippen LogP contribution in [0.3, 0.4) is 0 Å². The lowest BCUT2D eigenvalue weighted by molar-refractivity contribution is -0.703. The van der Waals surface area contributed by atoms with E-state index in [1.165, 1.54) is 129 Å². The largest absolute Gasteiger partial charge is 0.256 e. The van der Waals surface area contributed by atoms with E-state index in [-0.39, 0.29) is 0 Å². The van der Waals surface area contributed by atoms with Gasteiger partial charge in [0.05, 0.1) is 13.1 Å². The van der Waals surface area contributed by atoms with Crippen LogP contribution in [0.5, 0.6) is 0 Å². The van der Waals surface area contributed by atoms with E-state index in [0.717, 1.165) is 0 Å². The van der Waals surface area contributed by atoms with Crippen LogP contribution in [-0.4, -0.2) is 4.57 Å². The molecule has 0 N–H and O–H groups in total. The summed E-state index contributed by atoms with van der Waals surface area (Å²) in [5.74, 6) is 1.57. The Bertz CT molecular complexity index is 449. The fraction of sp³-hybridized carbons (Fsp3) is 0.885. The van der Waals surface area contributed by atoms with Crippen LogP contribution in [0.2, 0.25) is 0 Å². The second-order valence-electron chi connectivity index (χ2n) is 8.80. The molecule has 1 aromatic rings. The van der Waals surface area contributed by atoms with Gasteiger partial charge in [-0.25, -0.2) is 9.13 Å². The highest BCUT2D eigenvalue weighted by Gasteiger charge is 2.15. The van der Waals surface area contributed by atoms with Crippen molar-refractivity contribution in [1.82, 2.24) is 4.57 Å². The van der Waals surface area contributed by atoms with E-state index in [1.54, 1.807) is 5.82 Å². The first-order valence-electron chi connectivity index (χ1n) is 12.9.